The van der Waals surface area contributed by atoms with Crippen LogP contribution >= 0.6 is 0 Å². The summed E-state index contributed by atoms with van der Waals surface area (Å²) in [4.78, 5) is 14.1. The highest BCUT2D eigenvalue weighted by Crippen LogP contribution is 2.26. The minimum atomic E-state index is -1.04. The van der Waals surface area contributed by atoms with Crippen LogP contribution in [0.3, 0.4) is 0 Å². The van der Waals surface area contributed by atoms with E-state index in [1.54, 1.807) is 4.90 Å². The Balaban J connectivity index is 2.29. The average molecular weight is 268 g/mol. The Labute approximate surface area is 111 Å². The van der Waals surface area contributed by atoms with Gasteiger partial charge in [-0.05, 0) is 25.8 Å². The minimum absolute atomic E-state index is 0.0136. The molecule has 0 heterocycles. The molecule has 2 rings (SSSR count). The lowest BCUT2D eigenvalue weighted by atomic mass is 10.1. The molecule has 0 saturated heterocycles. The molecule has 2 N–H and O–H groups in total. The van der Waals surface area contributed by atoms with Crippen LogP contribution in [0.4, 0.5) is 14.5 Å². The number of rotatable bonds is 3. The SMILES string of the molecule is CCN(C(=O)c1cc(F)c(F)cc1N)C1CCCC1. The van der Waals surface area contributed by atoms with Gasteiger partial charge in [-0.25, -0.2) is 8.78 Å². The van der Waals surface area contributed by atoms with Crippen molar-refractivity contribution in [2.45, 2.75) is 38.6 Å². The van der Waals surface area contributed by atoms with E-state index in [1.165, 1.54) is 0 Å². The quantitative estimate of drug-likeness (QED) is 0.857. The van der Waals surface area contributed by atoms with Gasteiger partial charge in [0.25, 0.3) is 5.91 Å². The standard InChI is InChI=1S/C14H18F2N2O/c1-2-18(9-5-3-4-6-9)14(19)10-7-11(15)12(16)8-13(10)17/h7-9H,2-6,17H2,1H3. The molecule has 0 unspecified atom stereocenters. The molecule has 1 saturated carbocycles. The number of carbonyl (C=O) groups excluding carboxylic acids is 1. The van der Waals surface area contributed by atoms with Crippen molar-refractivity contribution in [3.8, 4) is 0 Å². The molecule has 1 aromatic rings. The minimum Gasteiger partial charge on any atom is -0.398 e. The molecule has 1 fully saturated rings. The zero-order valence-electron chi connectivity index (χ0n) is 11.0. The molecule has 1 amide bonds. The first-order chi connectivity index (χ1) is 9.04. The fourth-order valence-electron chi connectivity index (χ4n) is 2.69. The van der Waals surface area contributed by atoms with E-state index < -0.39 is 11.6 Å². The van der Waals surface area contributed by atoms with E-state index in [0.29, 0.717) is 6.54 Å². The van der Waals surface area contributed by atoms with E-state index >= 15 is 0 Å². The summed E-state index contributed by atoms with van der Waals surface area (Å²) in [5.41, 5.74) is 5.66. The number of carbonyl (C=O) groups is 1. The van der Waals surface area contributed by atoms with Gasteiger partial charge in [0.2, 0.25) is 0 Å². The molecule has 5 heteroatoms. The molecule has 0 aliphatic heterocycles. The summed E-state index contributed by atoms with van der Waals surface area (Å²) >= 11 is 0. The maximum atomic E-state index is 13.3. The van der Waals surface area contributed by atoms with E-state index in [1.807, 2.05) is 6.92 Å². The average Bonchev–Trinajstić information content (AvgIpc) is 2.88. The van der Waals surface area contributed by atoms with Crippen LogP contribution in [-0.2, 0) is 0 Å². The van der Waals surface area contributed by atoms with Crippen LogP contribution in [0, 0.1) is 11.6 Å². The van der Waals surface area contributed by atoms with Gasteiger partial charge in [0.05, 0.1) is 5.56 Å². The normalized spacial score (nSPS) is 15.7. The van der Waals surface area contributed by atoms with Gasteiger partial charge in [0, 0.05) is 24.3 Å². The van der Waals surface area contributed by atoms with E-state index in [4.69, 9.17) is 5.73 Å². The van der Waals surface area contributed by atoms with Crippen molar-refractivity contribution in [3.63, 3.8) is 0 Å². The largest absolute Gasteiger partial charge is 0.398 e. The zero-order chi connectivity index (χ0) is 14.0. The number of hydrogen-bond acceptors (Lipinski definition) is 2. The molecular formula is C14H18F2N2O. The Morgan fingerprint density at radius 3 is 2.47 bits per heavy atom. The number of halogens is 2. The molecule has 0 radical (unpaired) electrons. The molecule has 3 nitrogen and oxygen atoms in total. The maximum absolute atomic E-state index is 13.3. The highest BCUT2D eigenvalue weighted by Gasteiger charge is 2.27. The van der Waals surface area contributed by atoms with Crippen molar-refractivity contribution >= 4 is 11.6 Å². The molecular weight excluding hydrogens is 250 g/mol. The lowest BCUT2D eigenvalue weighted by Gasteiger charge is -2.28. The summed E-state index contributed by atoms with van der Waals surface area (Å²) < 4.78 is 26.3. The molecule has 104 valence electrons. The maximum Gasteiger partial charge on any atom is 0.256 e. The van der Waals surface area contributed by atoms with Gasteiger partial charge in [0.15, 0.2) is 11.6 Å². The second kappa shape index (κ2) is 5.55. The van der Waals surface area contributed by atoms with E-state index in [9.17, 15) is 13.6 Å². The first kappa shape index (κ1) is 13.8. The summed E-state index contributed by atoms with van der Waals surface area (Å²) in [5.74, 6) is -2.39. The molecule has 0 aromatic heterocycles. The van der Waals surface area contributed by atoms with Crippen molar-refractivity contribution in [1.29, 1.82) is 0 Å². The van der Waals surface area contributed by atoms with Gasteiger partial charge >= 0.3 is 0 Å². The molecule has 0 atom stereocenters. The first-order valence-corrected chi connectivity index (χ1v) is 6.60. The number of nitrogen functional groups attached to an aromatic ring is 1. The number of hydrogen-bond donors (Lipinski definition) is 1. The lowest BCUT2D eigenvalue weighted by molar-refractivity contribution is 0.0694. The van der Waals surface area contributed by atoms with Crippen LogP contribution in [0.1, 0.15) is 43.0 Å². The summed E-state index contributed by atoms with van der Waals surface area (Å²) in [6.07, 6.45) is 4.12. The molecule has 1 aliphatic rings. The van der Waals surface area contributed by atoms with Crippen molar-refractivity contribution in [3.05, 3.63) is 29.3 Å². The van der Waals surface area contributed by atoms with Crippen LogP contribution in [0.15, 0.2) is 12.1 Å². The summed E-state index contributed by atoms with van der Waals surface area (Å²) in [5, 5.41) is 0. The second-order valence-corrected chi connectivity index (χ2v) is 4.88. The molecule has 0 spiro atoms. The van der Waals surface area contributed by atoms with Gasteiger partial charge in [0.1, 0.15) is 0 Å². The number of nitrogens with zero attached hydrogens (tertiary/aromatic N) is 1. The fraction of sp³-hybridized carbons (Fsp3) is 0.500. The second-order valence-electron chi connectivity index (χ2n) is 4.88. The van der Waals surface area contributed by atoms with Crippen molar-refractivity contribution in [2.75, 3.05) is 12.3 Å². The monoisotopic (exact) mass is 268 g/mol. The summed E-state index contributed by atoms with van der Waals surface area (Å²) in [6.45, 7) is 2.42. The topological polar surface area (TPSA) is 46.3 Å². The fourth-order valence-corrected chi connectivity index (χ4v) is 2.69. The van der Waals surface area contributed by atoms with E-state index in [2.05, 4.69) is 0 Å². The number of anilines is 1. The number of benzene rings is 1. The van der Waals surface area contributed by atoms with Crippen LogP contribution in [0.25, 0.3) is 0 Å². The van der Waals surface area contributed by atoms with Gasteiger partial charge in [-0.1, -0.05) is 12.8 Å². The van der Waals surface area contributed by atoms with Gasteiger partial charge in [-0.2, -0.15) is 0 Å². The van der Waals surface area contributed by atoms with Crippen molar-refractivity contribution < 1.29 is 13.6 Å². The molecule has 19 heavy (non-hydrogen) atoms. The van der Waals surface area contributed by atoms with E-state index in [0.717, 1.165) is 37.8 Å². The number of amides is 1. The highest BCUT2D eigenvalue weighted by molar-refractivity contribution is 5.99. The Hall–Kier alpha value is -1.65. The Morgan fingerprint density at radius 1 is 1.32 bits per heavy atom. The summed E-state index contributed by atoms with van der Waals surface area (Å²) in [6, 6.07) is 1.94. The van der Waals surface area contributed by atoms with Gasteiger partial charge < -0.3 is 10.6 Å². The third-order valence-electron chi connectivity index (χ3n) is 3.69. The highest BCUT2D eigenvalue weighted by atomic mass is 19.2. The third-order valence-corrected chi connectivity index (χ3v) is 3.69. The smallest absolute Gasteiger partial charge is 0.256 e. The van der Waals surface area contributed by atoms with Crippen LogP contribution in [0.2, 0.25) is 0 Å². The van der Waals surface area contributed by atoms with Crippen LogP contribution in [-0.4, -0.2) is 23.4 Å². The Kier molecular flexibility index (Phi) is 4.02. The predicted molar refractivity (Wildman–Crippen MR) is 69.7 cm³/mol. The van der Waals surface area contributed by atoms with Crippen molar-refractivity contribution in [1.82, 2.24) is 4.90 Å². The van der Waals surface area contributed by atoms with Gasteiger partial charge in [-0.3, -0.25) is 4.79 Å². The van der Waals surface area contributed by atoms with Gasteiger partial charge in [-0.15, -0.1) is 0 Å². The zero-order valence-corrected chi connectivity index (χ0v) is 11.0. The van der Waals surface area contributed by atoms with Crippen molar-refractivity contribution in [2.24, 2.45) is 0 Å². The van der Waals surface area contributed by atoms with E-state index in [-0.39, 0.29) is 23.2 Å². The number of nitrogens with two attached hydrogens (primary N) is 1. The first-order valence-electron chi connectivity index (χ1n) is 6.60. The lowest BCUT2D eigenvalue weighted by Crippen LogP contribution is -2.39. The van der Waals surface area contributed by atoms with Crippen LogP contribution < -0.4 is 5.73 Å². The summed E-state index contributed by atoms with van der Waals surface area (Å²) in [7, 11) is 0. The Bertz CT molecular complexity index is 485. The molecule has 0 bridgehead atoms. The molecule has 1 aliphatic carbocycles. The Morgan fingerprint density at radius 2 is 1.89 bits per heavy atom. The third kappa shape index (κ3) is 2.69. The molecule has 1 aromatic carbocycles. The predicted octanol–water partition coefficient (Wildman–Crippen LogP) is 2.95. The van der Waals surface area contributed by atoms with Crippen LogP contribution in [0.5, 0.6) is 0 Å².